The Bertz CT molecular complexity index is 658. The van der Waals surface area contributed by atoms with Crippen LogP contribution in [-0.2, 0) is 9.59 Å². The SMILES string of the molecule is O=C(C1CCN(C(C(=O)N2CCCC2)c2ccccc2)CC1)N1CCCCC1. The van der Waals surface area contributed by atoms with E-state index in [0.717, 1.165) is 83.4 Å². The van der Waals surface area contributed by atoms with Gasteiger partial charge >= 0.3 is 0 Å². The molecular weight excluding hydrogens is 350 g/mol. The van der Waals surface area contributed by atoms with E-state index in [1.807, 2.05) is 23.1 Å². The van der Waals surface area contributed by atoms with E-state index in [9.17, 15) is 9.59 Å². The van der Waals surface area contributed by atoms with Crippen LogP contribution >= 0.6 is 0 Å². The smallest absolute Gasteiger partial charge is 0.244 e. The molecule has 5 nitrogen and oxygen atoms in total. The van der Waals surface area contributed by atoms with E-state index in [0.29, 0.717) is 5.91 Å². The molecule has 3 heterocycles. The number of hydrogen-bond acceptors (Lipinski definition) is 3. The average Bonchev–Trinajstić information content (AvgIpc) is 3.30. The summed E-state index contributed by atoms with van der Waals surface area (Å²) in [5.41, 5.74) is 1.08. The molecule has 1 unspecified atom stereocenters. The molecule has 1 aromatic carbocycles. The summed E-state index contributed by atoms with van der Waals surface area (Å²) in [4.78, 5) is 32.6. The van der Waals surface area contributed by atoms with E-state index in [-0.39, 0.29) is 17.9 Å². The van der Waals surface area contributed by atoms with E-state index in [4.69, 9.17) is 0 Å². The average molecular weight is 384 g/mol. The second-order valence-electron chi connectivity index (χ2n) is 8.54. The second-order valence-corrected chi connectivity index (χ2v) is 8.54. The lowest BCUT2D eigenvalue weighted by molar-refractivity contribution is -0.140. The molecule has 3 fully saturated rings. The first-order chi connectivity index (χ1) is 13.7. The van der Waals surface area contributed by atoms with Gasteiger partial charge in [-0.15, -0.1) is 0 Å². The Labute approximate surface area is 168 Å². The first-order valence-electron chi connectivity index (χ1n) is 11.1. The summed E-state index contributed by atoms with van der Waals surface area (Å²) < 4.78 is 0. The van der Waals surface area contributed by atoms with Gasteiger partial charge in [-0.2, -0.15) is 0 Å². The molecule has 1 aromatic rings. The van der Waals surface area contributed by atoms with E-state index >= 15 is 0 Å². The maximum atomic E-state index is 13.3. The number of likely N-dealkylation sites (tertiary alicyclic amines) is 3. The molecule has 3 saturated heterocycles. The highest BCUT2D eigenvalue weighted by Gasteiger charge is 2.36. The molecule has 0 saturated carbocycles. The zero-order chi connectivity index (χ0) is 19.3. The highest BCUT2D eigenvalue weighted by molar-refractivity contribution is 5.84. The van der Waals surface area contributed by atoms with Gasteiger partial charge in [0.25, 0.3) is 0 Å². The van der Waals surface area contributed by atoms with Gasteiger partial charge in [-0.25, -0.2) is 0 Å². The van der Waals surface area contributed by atoms with Crippen LogP contribution in [-0.4, -0.2) is 65.8 Å². The van der Waals surface area contributed by atoms with E-state index in [2.05, 4.69) is 21.9 Å². The number of hydrogen-bond donors (Lipinski definition) is 0. The molecule has 3 aliphatic rings. The topological polar surface area (TPSA) is 43.9 Å². The van der Waals surface area contributed by atoms with Crippen LogP contribution in [0.25, 0.3) is 0 Å². The van der Waals surface area contributed by atoms with Crippen molar-refractivity contribution in [2.45, 2.75) is 51.0 Å². The van der Waals surface area contributed by atoms with Crippen molar-refractivity contribution in [2.24, 2.45) is 5.92 Å². The highest BCUT2D eigenvalue weighted by Crippen LogP contribution is 2.30. The minimum atomic E-state index is -0.203. The highest BCUT2D eigenvalue weighted by atomic mass is 16.2. The molecule has 0 radical (unpaired) electrons. The van der Waals surface area contributed by atoms with Crippen molar-refractivity contribution in [3.8, 4) is 0 Å². The molecule has 1 atom stereocenters. The minimum absolute atomic E-state index is 0.132. The number of piperidine rings is 2. The Morgan fingerprint density at radius 2 is 1.32 bits per heavy atom. The van der Waals surface area contributed by atoms with E-state index < -0.39 is 0 Å². The molecule has 0 aromatic heterocycles. The zero-order valence-corrected chi connectivity index (χ0v) is 16.9. The summed E-state index contributed by atoms with van der Waals surface area (Å²) in [6, 6.07) is 9.99. The van der Waals surface area contributed by atoms with Crippen molar-refractivity contribution in [3.63, 3.8) is 0 Å². The lowest BCUT2D eigenvalue weighted by Crippen LogP contribution is -2.48. The second kappa shape index (κ2) is 9.08. The molecular formula is C23H33N3O2. The monoisotopic (exact) mass is 383 g/mol. The molecule has 28 heavy (non-hydrogen) atoms. The summed E-state index contributed by atoms with van der Waals surface area (Å²) in [5.74, 6) is 0.721. The zero-order valence-electron chi connectivity index (χ0n) is 16.9. The third kappa shape index (κ3) is 4.24. The van der Waals surface area contributed by atoms with Crippen LogP contribution in [0.5, 0.6) is 0 Å². The summed E-state index contributed by atoms with van der Waals surface area (Å²) >= 11 is 0. The van der Waals surface area contributed by atoms with Gasteiger partial charge < -0.3 is 9.80 Å². The van der Waals surface area contributed by atoms with Gasteiger partial charge in [0.05, 0.1) is 0 Å². The van der Waals surface area contributed by atoms with Crippen LogP contribution in [0.3, 0.4) is 0 Å². The van der Waals surface area contributed by atoms with Gasteiger partial charge in [-0.05, 0) is 63.6 Å². The first-order valence-corrected chi connectivity index (χ1v) is 11.1. The number of carbonyl (C=O) groups excluding carboxylic acids is 2. The standard InChI is InChI=1S/C23H33N3O2/c27-22(25-13-5-2-6-14-25)20-11-17-24(18-12-20)21(19-9-3-1-4-10-19)23(28)26-15-7-8-16-26/h1,3-4,9-10,20-21H,2,5-8,11-18H2. The number of carbonyl (C=O) groups is 2. The van der Waals surface area contributed by atoms with Crippen molar-refractivity contribution in [2.75, 3.05) is 39.3 Å². The fourth-order valence-corrected chi connectivity index (χ4v) is 5.03. The summed E-state index contributed by atoms with van der Waals surface area (Å²) in [5, 5.41) is 0. The van der Waals surface area contributed by atoms with Crippen molar-refractivity contribution in [1.82, 2.24) is 14.7 Å². The van der Waals surface area contributed by atoms with Gasteiger partial charge in [0.15, 0.2) is 0 Å². The van der Waals surface area contributed by atoms with Gasteiger partial charge in [-0.3, -0.25) is 14.5 Å². The Kier molecular flexibility index (Phi) is 6.30. The predicted octanol–water partition coefficient (Wildman–Crippen LogP) is 3.07. The molecule has 0 N–H and O–H groups in total. The molecule has 5 heteroatoms. The van der Waals surface area contributed by atoms with Gasteiger partial charge in [-0.1, -0.05) is 30.3 Å². The Hall–Kier alpha value is -1.88. The van der Waals surface area contributed by atoms with Crippen LogP contribution in [0, 0.1) is 5.92 Å². The summed E-state index contributed by atoms with van der Waals surface area (Å²) in [6.07, 6.45) is 7.49. The molecule has 2 amide bonds. The number of nitrogens with zero attached hydrogens (tertiary/aromatic N) is 3. The number of rotatable bonds is 4. The molecule has 0 spiro atoms. The van der Waals surface area contributed by atoms with Gasteiger partial charge in [0.2, 0.25) is 11.8 Å². The number of benzene rings is 1. The Balaban J connectivity index is 1.43. The Morgan fingerprint density at radius 3 is 1.96 bits per heavy atom. The van der Waals surface area contributed by atoms with Crippen molar-refractivity contribution < 1.29 is 9.59 Å². The van der Waals surface area contributed by atoms with Gasteiger partial charge in [0, 0.05) is 32.1 Å². The first kappa shape index (κ1) is 19.4. The third-order valence-electron chi connectivity index (χ3n) is 6.68. The van der Waals surface area contributed by atoms with Crippen LogP contribution in [0.15, 0.2) is 30.3 Å². The molecule has 0 bridgehead atoms. The van der Waals surface area contributed by atoms with Crippen LogP contribution < -0.4 is 0 Å². The minimum Gasteiger partial charge on any atom is -0.342 e. The van der Waals surface area contributed by atoms with Crippen molar-refractivity contribution >= 4 is 11.8 Å². The van der Waals surface area contributed by atoms with Crippen LogP contribution in [0.1, 0.15) is 56.6 Å². The summed E-state index contributed by atoms with van der Waals surface area (Å²) in [7, 11) is 0. The maximum Gasteiger partial charge on any atom is 0.244 e. The van der Waals surface area contributed by atoms with E-state index in [1.54, 1.807) is 0 Å². The Morgan fingerprint density at radius 1 is 0.750 bits per heavy atom. The third-order valence-corrected chi connectivity index (χ3v) is 6.68. The lowest BCUT2D eigenvalue weighted by Gasteiger charge is -2.39. The van der Waals surface area contributed by atoms with Crippen LogP contribution in [0.4, 0.5) is 0 Å². The normalized spacial score (nSPS) is 23.0. The predicted molar refractivity (Wildman–Crippen MR) is 110 cm³/mol. The number of amides is 2. The largest absolute Gasteiger partial charge is 0.342 e. The molecule has 0 aliphatic carbocycles. The van der Waals surface area contributed by atoms with Crippen molar-refractivity contribution in [1.29, 1.82) is 0 Å². The van der Waals surface area contributed by atoms with Crippen molar-refractivity contribution in [3.05, 3.63) is 35.9 Å². The maximum absolute atomic E-state index is 13.3. The molecule has 152 valence electrons. The van der Waals surface area contributed by atoms with Crippen LogP contribution in [0.2, 0.25) is 0 Å². The fourth-order valence-electron chi connectivity index (χ4n) is 5.03. The molecule has 3 aliphatic heterocycles. The molecule has 4 rings (SSSR count). The lowest BCUT2D eigenvalue weighted by atomic mass is 9.92. The van der Waals surface area contributed by atoms with Gasteiger partial charge in [0.1, 0.15) is 6.04 Å². The fraction of sp³-hybridized carbons (Fsp3) is 0.652. The summed E-state index contributed by atoms with van der Waals surface area (Å²) in [6.45, 7) is 5.27. The quantitative estimate of drug-likeness (QED) is 0.803. The van der Waals surface area contributed by atoms with E-state index in [1.165, 1.54) is 6.42 Å².